The number of aryl methyl sites for hydroxylation is 1. The lowest BCUT2D eigenvalue weighted by Gasteiger charge is -2.22. The van der Waals surface area contributed by atoms with Crippen LogP contribution in [-0.4, -0.2) is 52.4 Å². The van der Waals surface area contributed by atoms with E-state index in [-0.39, 0.29) is 30.2 Å². The van der Waals surface area contributed by atoms with Gasteiger partial charge in [0, 0.05) is 30.7 Å². The fourth-order valence-corrected chi connectivity index (χ4v) is 5.11. The van der Waals surface area contributed by atoms with E-state index in [0.717, 1.165) is 50.5 Å². The maximum absolute atomic E-state index is 13.1. The molecule has 4 rings (SSSR count). The molecule has 0 spiro atoms. The summed E-state index contributed by atoms with van der Waals surface area (Å²) < 4.78 is 11.6. The first-order chi connectivity index (χ1) is 21.5. The number of phenolic OH excluding ortho intramolecular Hbond substituents is 1. The van der Waals surface area contributed by atoms with Crippen molar-refractivity contribution in [2.45, 2.75) is 63.9 Å². The van der Waals surface area contributed by atoms with E-state index < -0.39 is 18.3 Å². The molecule has 8 heteroatoms. The zero-order valence-corrected chi connectivity index (χ0v) is 25.0. The van der Waals surface area contributed by atoms with Gasteiger partial charge in [0.25, 0.3) is 0 Å². The van der Waals surface area contributed by atoms with Crippen molar-refractivity contribution in [2.24, 2.45) is 0 Å². The fraction of sp³-hybridized carbons (Fsp3) is 0.361. The number of phenols is 2. The van der Waals surface area contributed by atoms with Gasteiger partial charge in [0.2, 0.25) is 0 Å². The standard InChI is InChI=1S/C36H43NO7/c38-25-29-23-28(18-20-32(29)39)33(40)24-37-34(44-36(42)31-19-17-27-14-6-7-15-30(27)35(31)41)16-5-2-9-21-43-22-10-8-13-26-11-3-1-4-12-26/h1,3-4,6-7,11-12,14-15,17-20,23,33-34,37-41H,2,5,8-10,13,16,21-22,24-25H2. The molecular formula is C36H43NO7. The summed E-state index contributed by atoms with van der Waals surface area (Å²) in [5.41, 5.74) is 2.24. The molecule has 5 N–H and O–H groups in total. The Kier molecular flexibility index (Phi) is 13.0. The molecule has 0 bridgehead atoms. The highest BCUT2D eigenvalue weighted by Crippen LogP contribution is 2.29. The molecule has 2 unspecified atom stereocenters. The molecule has 0 aliphatic heterocycles. The Hall–Kier alpha value is -3.95. The van der Waals surface area contributed by atoms with Crippen molar-refractivity contribution in [3.05, 3.63) is 107 Å². The van der Waals surface area contributed by atoms with Crippen LogP contribution in [0, 0.1) is 0 Å². The molecule has 4 aromatic rings. The van der Waals surface area contributed by atoms with Crippen LogP contribution < -0.4 is 5.32 Å². The van der Waals surface area contributed by atoms with Crippen molar-refractivity contribution in [1.82, 2.24) is 5.32 Å². The van der Waals surface area contributed by atoms with Crippen molar-refractivity contribution in [2.75, 3.05) is 19.8 Å². The quantitative estimate of drug-likeness (QED) is 0.0522. The lowest BCUT2D eigenvalue weighted by Crippen LogP contribution is -2.36. The minimum absolute atomic E-state index is 0.0467. The Morgan fingerprint density at radius 2 is 1.57 bits per heavy atom. The van der Waals surface area contributed by atoms with E-state index in [4.69, 9.17) is 9.47 Å². The van der Waals surface area contributed by atoms with Gasteiger partial charge in [-0.1, -0.05) is 73.2 Å². The second-order valence-electron chi connectivity index (χ2n) is 11.0. The molecule has 0 amide bonds. The first-order valence-electron chi connectivity index (χ1n) is 15.3. The number of aliphatic hydroxyl groups excluding tert-OH is 2. The summed E-state index contributed by atoms with van der Waals surface area (Å²) >= 11 is 0. The number of carbonyl (C=O) groups excluding carboxylic acids is 1. The summed E-state index contributed by atoms with van der Waals surface area (Å²) in [6.07, 6.45) is 4.50. The molecule has 234 valence electrons. The number of fused-ring (bicyclic) bond motifs is 1. The van der Waals surface area contributed by atoms with Crippen molar-refractivity contribution in [1.29, 1.82) is 0 Å². The minimum Gasteiger partial charge on any atom is -0.508 e. The van der Waals surface area contributed by atoms with E-state index in [0.29, 0.717) is 29.5 Å². The van der Waals surface area contributed by atoms with Crippen LogP contribution >= 0.6 is 0 Å². The second-order valence-corrected chi connectivity index (χ2v) is 11.0. The Bertz CT molecular complexity index is 1460. The van der Waals surface area contributed by atoms with Gasteiger partial charge in [0.05, 0.1) is 12.7 Å². The van der Waals surface area contributed by atoms with E-state index in [1.165, 1.54) is 17.7 Å². The summed E-state index contributed by atoms with van der Waals surface area (Å²) in [4.78, 5) is 13.1. The van der Waals surface area contributed by atoms with Crippen molar-refractivity contribution in [3.8, 4) is 11.5 Å². The predicted octanol–water partition coefficient (Wildman–Crippen LogP) is 6.15. The number of carbonyl (C=O) groups is 1. The molecular weight excluding hydrogens is 558 g/mol. The molecule has 0 heterocycles. The van der Waals surface area contributed by atoms with Crippen LogP contribution in [0.4, 0.5) is 0 Å². The predicted molar refractivity (Wildman–Crippen MR) is 170 cm³/mol. The van der Waals surface area contributed by atoms with Gasteiger partial charge in [-0.15, -0.1) is 0 Å². The zero-order valence-electron chi connectivity index (χ0n) is 25.0. The highest BCUT2D eigenvalue weighted by molar-refractivity contribution is 6.01. The molecule has 0 saturated heterocycles. The molecule has 0 aliphatic carbocycles. The molecule has 0 aromatic heterocycles. The van der Waals surface area contributed by atoms with Crippen LogP contribution in [0.3, 0.4) is 0 Å². The lowest BCUT2D eigenvalue weighted by molar-refractivity contribution is 0.0136. The van der Waals surface area contributed by atoms with E-state index in [1.807, 2.05) is 18.2 Å². The monoisotopic (exact) mass is 601 g/mol. The Balaban J connectivity index is 1.26. The number of hydrogen-bond donors (Lipinski definition) is 5. The first kappa shape index (κ1) is 33.0. The number of nitrogens with one attached hydrogen (secondary N) is 1. The van der Waals surface area contributed by atoms with Crippen LogP contribution in [-0.2, 0) is 22.5 Å². The number of rotatable bonds is 18. The molecule has 0 radical (unpaired) electrons. The van der Waals surface area contributed by atoms with Gasteiger partial charge in [-0.3, -0.25) is 5.32 Å². The van der Waals surface area contributed by atoms with Gasteiger partial charge in [-0.2, -0.15) is 0 Å². The van der Waals surface area contributed by atoms with Crippen molar-refractivity contribution < 1.29 is 34.7 Å². The summed E-state index contributed by atoms with van der Waals surface area (Å²) in [7, 11) is 0. The van der Waals surface area contributed by atoms with Crippen LogP contribution in [0.15, 0.2) is 84.9 Å². The first-order valence-corrected chi connectivity index (χ1v) is 15.3. The maximum atomic E-state index is 13.1. The highest BCUT2D eigenvalue weighted by Gasteiger charge is 2.21. The number of esters is 1. The number of unbranched alkanes of at least 4 members (excludes halogenated alkanes) is 3. The average molecular weight is 602 g/mol. The van der Waals surface area contributed by atoms with E-state index >= 15 is 0 Å². The van der Waals surface area contributed by atoms with Crippen LogP contribution in [0.1, 0.15) is 71.7 Å². The SMILES string of the molecule is O=C(OC(CCCCCOCCCCc1ccccc1)NCC(O)c1ccc(O)c(CO)c1)c1ccc2ccccc2c1O. The largest absolute Gasteiger partial charge is 0.508 e. The number of aliphatic hydroxyl groups is 2. The van der Waals surface area contributed by atoms with Gasteiger partial charge < -0.3 is 29.9 Å². The number of aromatic hydroxyl groups is 2. The maximum Gasteiger partial charge on any atom is 0.343 e. The highest BCUT2D eigenvalue weighted by atomic mass is 16.6. The molecule has 44 heavy (non-hydrogen) atoms. The number of benzene rings is 4. The van der Waals surface area contributed by atoms with Crippen LogP contribution in [0.25, 0.3) is 10.8 Å². The molecule has 4 aromatic carbocycles. The number of ether oxygens (including phenoxy) is 2. The van der Waals surface area contributed by atoms with Crippen LogP contribution in [0.2, 0.25) is 0 Å². The molecule has 0 saturated carbocycles. The van der Waals surface area contributed by atoms with E-state index in [2.05, 4.69) is 29.6 Å². The van der Waals surface area contributed by atoms with Crippen LogP contribution in [0.5, 0.6) is 11.5 Å². The van der Waals surface area contributed by atoms with Crippen molar-refractivity contribution >= 4 is 16.7 Å². The third-order valence-corrected chi connectivity index (χ3v) is 7.67. The molecule has 2 atom stereocenters. The van der Waals surface area contributed by atoms with E-state index in [9.17, 15) is 25.2 Å². The average Bonchev–Trinajstić information content (AvgIpc) is 3.05. The molecule has 8 nitrogen and oxygen atoms in total. The topological polar surface area (TPSA) is 128 Å². The summed E-state index contributed by atoms with van der Waals surface area (Å²) in [6.45, 7) is 1.12. The van der Waals surface area contributed by atoms with Gasteiger partial charge in [0.1, 0.15) is 17.1 Å². The summed E-state index contributed by atoms with van der Waals surface area (Å²) in [5, 5.41) is 45.3. The van der Waals surface area contributed by atoms with Gasteiger partial charge in [-0.05, 0) is 73.2 Å². The Morgan fingerprint density at radius 3 is 2.36 bits per heavy atom. The Labute approximate surface area is 258 Å². The molecule has 0 fully saturated rings. The number of hydrogen-bond acceptors (Lipinski definition) is 8. The van der Waals surface area contributed by atoms with Gasteiger partial charge in [-0.25, -0.2) is 4.79 Å². The zero-order chi connectivity index (χ0) is 31.1. The fourth-order valence-electron chi connectivity index (χ4n) is 5.11. The Morgan fingerprint density at radius 1 is 0.818 bits per heavy atom. The third kappa shape index (κ3) is 9.79. The minimum atomic E-state index is -0.966. The summed E-state index contributed by atoms with van der Waals surface area (Å²) in [6, 6.07) is 25.6. The van der Waals surface area contributed by atoms with E-state index in [1.54, 1.807) is 30.3 Å². The third-order valence-electron chi connectivity index (χ3n) is 7.67. The van der Waals surface area contributed by atoms with Crippen molar-refractivity contribution in [3.63, 3.8) is 0 Å². The van der Waals surface area contributed by atoms with Gasteiger partial charge in [0.15, 0.2) is 6.23 Å². The van der Waals surface area contributed by atoms with Gasteiger partial charge >= 0.3 is 5.97 Å². The second kappa shape index (κ2) is 17.4. The summed E-state index contributed by atoms with van der Waals surface area (Å²) in [5.74, 6) is -0.839. The smallest absolute Gasteiger partial charge is 0.343 e. The normalized spacial score (nSPS) is 12.7. The molecule has 0 aliphatic rings. The lowest BCUT2D eigenvalue weighted by atomic mass is 10.0.